The van der Waals surface area contributed by atoms with Crippen molar-refractivity contribution >= 4 is 17.6 Å². The highest BCUT2D eigenvalue weighted by atomic mass is 32.2. The predicted octanol–water partition coefficient (Wildman–Crippen LogP) is 2.35. The highest BCUT2D eigenvalue weighted by molar-refractivity contribution is 7.98. The molecule has 0 amide bonds. The summed E-state index contributed by atoms with van der Waals surface area (Å²) in [6.07, 6.45) is 5.77. The van der Waals surface area contributed by atoms with Crippen LogP contribution in [0.15, 0.2) is 12.1 Å². The average molecular weight is 208 g/mol. The minimum atomic E-state index is 1.01. The van der Waals surface area contributed by atoms with Gasteiger partial charge in [0.1, 0.15) is 5.82 Å². The maximum Gasteiger partial charge on any atom is 0.126 e. The van der Waals surface area contributed by atoms with Gasteiger partial charge in [-0.05, 0) is 37.1 Å². The summed E-state index contributed by atoms with van der Waals surface area (Å²) in [7, 11) is 0. The molecule has 1 N–H and O–H groups in total. The molecule has 76 valence electrons. The van der Waals surface area contributed by atoms with Crippen LogP contribution in [0.4, 0.5) is 5.82 Å². The van der Waals surface area contributed by atoms with E-state index in [1.54, 1.807) is 0 Å². The molecule has 0 bridgehead atoms. The quantitative estimate of drug-likeness (QED) is 0.769. The standard InChI is InChI=1S/C11H16N2S/c1-14-8-7-12-11-6-5-9-3-2-4-10(9)13-11/h5-6H,2-4,7-8H2,1H3,(H,12,13). The molecule has 1 aromatic heterocycles. The van der Waals surface area contributed by atoms with E-state index in [1.807, 2.05) is 11.8 Å². The number of aromatic nitrogens is 1. The third kappa shape index (κ3) is 2.21. The van der Waals surface area contributed by atoms with Gasteiger partial charge >= 0.3 is 0 Å². The van der Waals surface area contributed by atoms with Crippen molar-refractivity contribution in [2.75, 3.05) is 23.9 Å². The molecule has 0 spiro atoms. The van der Waals surface area contributed by atoms with Crippen LogP contribution in [0.5, 0.6) is 0 Å². The lowest BCUT2D eigenvalue weighted by Crippen LogP contribution is -2.06. The van der Waals surface area contributed by atoms with Gasteiger partial charge in [-0.25, -0.2) is 4.98 Å². The van der Waals surface area contributed by atoms with Crippen molar-refractivity contribution in [1.29, 1.82) is 0 Å². The van der Waals surface area contributed by atoms with Crippen LogP contribution in [0.2, 0.25) is 0 Å². The van der Waals surface area contributed by atoms with Gasteiger partial charge < -0.3 is 5.32 Å². The summed E-state index contributed by atoms with van der Waals surface area (Å²) in [5, 5.41) is 3.34. The van der Waals surface area contributed by atoms with Crippen LogP contribution < -0.4 is 5.32 Å². The van der Waals surface area contributed by atoms with Crippen LogP contribution in [0.3, 0.4) is 0 Å². The Labute approximate surface area is 89.5 Å². The first-order valence-corrected chi connectivity index (χ1v) is 6.51. The van der Waals surface area contributed by atoms with E-state index in [0.29, 0.717) is 0 Å². The minimum Gasteiger partial charge on any atom is -0.369 e. The summed E-state index contributed by atoms with van der Waals surface area (Å²) in [6.45, 7) is 1.01. The Balaban J connectivity index is 1.98. The van der Waals surface area contributed by atoms with E-state index >= 15 is 0 Å². The number of nitrogens with zero attached hydrogens (tertiary/aromatic N) is 1. The lowest BCUT2D eigenvalue weighted by molar-refractivity contribution is 0.899. The number of aryl methyl sites for hydroxylation is 2. The van der Waals surface area contributed by atoms with Crippen molar-refractivity contribution in [2.45, 2.75) is 19.3 Å². The van der Waals surface area contributed by atoms with Gasteiger partial charge in [0, 0.05) is 18.0 Å². The van der Waals surface area contributed by atoms with Gasteiger partial charge in [-0.1, -0.05) is 6.07 Å². The number of hydrogen-bond acceptors (Lipinski definition) is 3. The van der Waals surface area contributed by atoms with E-state index in [1.165, 1.54) is 24.1 Å². The van der Waals surface area contributed by atoms with Crippen molar-refractivity contribution in [3.05, 3.63) is 23.4 Å². The molecular formula is C11H16N2S. The van der Waals surface area contributed by atoms with Gasteiger partial charge in [-0.3, -0.25) is 0 Å². The van der Waals surface area contributed by atoms with Crippen LogP contribution in [0.1, 0.15) is 17.7 Å². The monoisotopic (exact) mass is 208 g/mol. The number of nitrogens with one attached hydrogen (secondary N) is 1. The van der Waals surface area contributed by atoms with E-state index in [4.69, 9.17) is 0 Å². The number of thioether (sulfide) groups is 1. The zero-order valence-electron chi connectivity index (χ0n) is 8.55. The fraction of sp³-hybridized carbons (Fsp3) is 0.545. The van der Waals surface area contributed by atoms with Crippen LogP contribution in [-0.2, 0) is 12.8 Å². The first kappa shape index (κ1) is 9.84. The number of rotatable bonds is 4. The molecule has 1 heterocycles. The predicted molar refractivity (Wildman–Crippen MR) is 63.1 cm³/mol. The normalized spacial score (nSPS) is 14.1. The largest absolute Gasteiger partial charge is 0.369 e. The van der Waals surface area contributed by atoms with E-state index < -0.39 is 0 Å². The highest BCUT2D eigenvalue weighted by Crippen LogP contribution is 2.21. The van der Waals surface area contributed by atoms with Crippen molar-refractivity contribution in [2.24, 2.45) is 0 Å². The number of pyridine rings is 1. The van der Waals surface area contributed by atoms with Gasteiger partial charge in [0.25, 0.3) is 0 Å². The van der Waals surface area contributed by atoms with Gasteiger partial charge in [-0.2, -0.15) is 11.8 Å². The van der Waals surface area contributed by atoms with Crippen molar-refractivity contribution in [3.63, 3.8) is 0 Å². The summed E-state index contributed by atoms with van der Waals surface area (Å²) in [5.41, 5.74) is 2.75. The summed E-state index contributed by atoms with van der Waals surface area (Å²) in [5.74, 6) is 2.18. The molecule has 0 aliphatic heterocycles. The molecule has 0 saturated heterocycles. The van der Waals surface area contributed by atoms with Gasteiger partial charge in [0.15, 0.2) is 0 Å². The fourth-order valence-electron chi connectivity index (χ4n) is 1.80. The fourth-order valence-corrected chi connectivity index (χ4v) is 2.11. The Morgan fingerprint density at radius 1 is 1.43 bits per heavy atom. The van der Waals surface area contributed by atoms with E-state index in [9.17, 15) is 0 Å². The lowest BCUT2D eigenvalue weighted by atomic mass is 10.2. The van der Waals surface area contributed by atoms with Crippen molar-refractivity contribution in [3.8, 4) is 0 Å². The zero-order valence-corrected chi connectivity index (χ0v) is 9.36. The minimum absolute atomic E-state index is 1.01. The maximum atomic E-state index is 4.60. The Hall–Kier alpha value is -0.700. The summed E-state index contributed by atoms with van der Waals surface area (Å²) in [6, 6.07) is 4.32. The molecule has 0 atom stereocenters. The number of fused-ring (bicyclic) bond motifs is 1. The SMILES string of the molecule is CSCCNc1ccc2c(n1)CCC2. The van der Waals surface area contributed by atoms with E-state index in [2.05, 4.69) is 28.7 Å². The molecule has 1 aromatic rings. The van der Waals surface area contributed by atoms with Crippen LogP contribution in [0.25, 0.3) is 0 Å². The molecule has 1 aliphatic rings. The first-order chi connectivity index (χ1) is 6.90. The van der Waals surface area contributed by atoms with Gasteiger partial charge in [-0.15, -0.1) is 0 Å². The van der Waals surface area contributed by atoms with E-state index in [0.717, 1.165) is 24.5 Å². The third-order valence-electron chi connectivity index (χ3n) is 2.54. The van der Waals surface area contributed by atoms with Gasteiger partial charge in [0.2, 0.25) is 0 Å². The van der Waals surface area contributed by atoms with Crippen LogP contribution in [0, 0.1) is 0 Å². The molecule has 0 fully saturated rings. The van der Waals surface area contributed by atoms with Gasteiger partial charge in [0.05, 0.1) is 0 Å². The summed E-state index contributed by atoms with van der Waals surface area (Å²) >= 11 is 1.86. The number of hydrogen-bond donors (Lipinski definition) is 1. The molecule has 3 heteroatoms. The molecule has 0 aromatic carbocycles. The molecule has 0 radical (unpaired) electrons. The van der Waals surface area contributed by atoms with E-state index in [-0.39, 0.29) is 0 Å². The molecule has 14 heavy (non-hydrogen) atoms. The number of anilines is 1. The molecular weight excluding hydrogens is 192 g/mol. The van der Waals surface area contributed by atoms with Crippen molar-refractivity contribution < 1.29 is 0 Å². The Bertz CT molecular complexity index is 312. The molecule has 2 rings (SSSR count). The Morgan fingerprint density at radius 2 is 2.36 bits per heavy atom. The lowest BCUT2D eigenvalue weighted by Gasteiger charge is -2.06. The Morgan fingerprint density at radius 3 is 3.21 bits per heavy atom. The molecule has 1 aliphatic carbocycles. The van der Waals surface area contributed by atoms with Crippen molar-refractivity contribution in [1.82, 2.24) is 4.98 Å². The maximum absolute atomic E-state index is 4.60. The second-order valence-corrected chi connectivity index (χ2v) is 4.56. The average Bonchev–Trinajstić information content (AvgIpc) is 2.65. The smallest absolute Gasteiger partial charge is 0.126 e. The zero-order chi connectivity index (χ0) is 9.80. The first-order valence-electron chi connectivity index (χ1n) is 5.12. The third-order valence-corrected chi connectivity index (χ3v) is 3.15. The second-order valence-electron chi connectivity index (χ2n) is 3.58. The summed E-state index contributed by atoms with van der Waals surface area (Å²) < 4.78 is 0. The molecule has 0 saturated carbocycles. The summed E-state index contributed by atoms with van der Waals surface area (Å²) in [4.78, 5) is 4.60. The van der Waals surface area contributed by atoms with Crippen LogP contribution >= 0.6 is 11.8 Å². The highest BCUT2D eigenvalue weighted by Gasteiger charge is 2.11. The second kappa shape index (κ2) is 4.69. The Kier molecular flexibility index (Phi) is 3.30. The molecule has 2 nitrogen and oxygen atoms in total. The van der Waals surface area contributed by atoms with Crippen LogP contribution in [-0.4, -0.2) is 23.5 Å². The molecule has 0 unspecified atom stereocenters. The topological polar surface area (TPSA) is 24.9 Å².